The van der Waals surface area contributed by atoms with Crippen molar-refractivity contribution in [1.29, 1.82) is 0 Å². The Morgan fingerprint density at radius 2 is 2.05 bits per heavy atom. The van der Waals surface area contributed by atoms with E-state index in [2.05, 4.69) is 11.9 Å². The summed E-state index contributed by atoms with van der Waals surface area (Å²) in [6.45, 7) is 4.63. The van der Waals surface area contributed by atoms with Crippen molar-refractivity contribution in [3.8, 4) is 11.3 Å². The molecule has 2 N–H and O–H groups in total. The number of aryl methyl sites for hydroxylation is 1. The number of rotatable bonds is 4. The lowest BCUT2D eigenvalue weighted by Gasteiger charge is -2.07. The molecule has 1 heterocycles. The summed E-state index contributed by atoms with van der Waals surface area (Å²) in [6.07, 6.45) is 1.99. The van der Waals surface area contributed by atoms with Crippen molar-refractivity contribution in [2.24, 2.45) is 0 Å². The smallest absolute Gasteiger partial charge is 0.132 e. The highest BCUT2D eigenvalue weighted by atomic mass is 19.1. The average molecular weight is 265 g/mol. The zero-order valence-electron chi connectivity index (χ0n) is 11.1. The molecule has 1 aromatic carbocycles. The largest absolute Gasteiger partial charge is 0.383 e. The van der Waals surface area contributed by atoms with Crippen LogP contribution in [0.25, 0.3) is 11.3 Å². The Labute approximate surface area is 111 Å². The molecule has 1 aromatic heterocycles. The van der Waals surface area contributed by atoms with E-state index < -0.39 is 11.6 Å². The number of halogens is 2. The Bertz CT molecular complexity index is 591. The molecule has 2 rings (SSSR count). The highest BCUT2D eigenvalue weighted by molar-refractivity contribution is 5.71. The third-order valence-corrected chi connectivity index (χ3v) is 3.12. The van der Waals surface area contributed by atoms with E-state index in [-0.39, 0.29) is 5.56 Å². The molecule has 0 bridgehead atoms. The summed E-state index contributed by atoms with van der Waals surface area (Å²) in [7, 11) is 0. The van der Waals surface area contributed by atoms with Crippen LogP contribution >= 0.6 is 0 Å². The number of aromatic nitrogens is 2. The monoisotopic (exact) mass is 265 g/mol. The summed E-state index contributed by atoms with van der Waals surface area (Å²) in [4.78, 5) is 4.27. The first-order chi connectivity index (χ1) is 9.04. The number of benzene rings is 1. The highest BCUT2D eigenvalue weighted by Gasteiger charge is 2.17. The van der Waals surface area contributed by atoms with Crippen LogP contribution in [0.4, 0.5) is 14.6 Å². The van der Waals surface area contributed by atoms with Gasteiger partial charge in [0.1, 0.15) is 29.0 Å². The standard InChI is InChI=1S/C14H17F2N3/c1-3-4-7-19-9(2)18-13(14(19)17)11-8-10(15)5-6-12(11)16/h5-6,8H,3-4,7,17H2,1-2H3. The van der Waals surface area contributed by atoms with E-state index >= 15 is 0 Å². The Kier molecular flexibility index (Phi) is 3.83. The maximum absolute atomic E-state index is 13.8. The van der Waals surface area contributed by atoms with Gasteiger partial charge < -0.3 is 10.3 Å². The van der Waals surface area contributed by atoms with Gasteiger partial charge in [-0.2, -0.15) is 0 Å². The molecule has 0 fully saturated rings. The van der Waals surface area contributed by atoms with Crippen molar-refractivity contribution in [2.45, 2.75) is 33.2 Å². The molecule has 3 nitrogen and oxygen atoms in total. The molecule has 0 unspecified atom stereocenters. The molecule has 0 spiro atoms. The molecule has 0 atom stereocenters. The van der Waals surface area contributed by atoms with Crippen molar-refractivity contribution in [1.82, 2.24) is 9.55 Å². The van der Waals surface area contributed by atoms with Gasteiger partial charge in [0.25, 0.3) is 0 Å². The summed E-state index contributed by atoms with van der Waals surface area (Å²) in [5, 5.41) is 0. The van der Waals surface area contributed by atoms with Crippen LogP contribution < -0.4 is 5.73 Å². The van der Waals surface area contributed by atoms with E-state index in [1.807, 2.05) is 11.5 Å². The van der Waals surface area contributed by atoms with Crippen LogP contribution in [0.5, 0.6) is 0 Å². The molecule has 102 valence electrons. The van der Waals surface area contributed by atoms with E-state index in [0.29, 0.717) is 17.3 Å². The van der Waals surface area contributed by atoms with Gasteiger partial charge in [0.05, 0.1) is 0 Å². The number of unbranched alkanes of at least 4 members (excludes halogenated alkanes) is 1. The van der Waals surface area contributed by atoms with Gasteiger partial charge in [0, 0.05) is 12.1 Å². The van der Waals surface area contributed by atoms with E-state index in [0.717, 1.165) is 37.6 Å². The lowest BCUT2D eigenvalue weighted by Crippen LogP contribution is -2.05. The van der Waals surface area contributed by atoms with Gasteiger partial charge in [0.2, 0.25) is 0 Å². The summed E-state index contributed by atoms with van der Waals surface area (Å²) >= 11 is 0. The minimum Gasteiger partial charge on any atom is -0.383 e. The van der Waals surface area contributed by atoms with Crippen molar-refractivity contribution >= 4 is 5.82 Å². The van der Waals surface area contributed by atoms with E-state index in [1.165, 1.54) is 0 Å². The van der Waals surface area contributed by atoms with Gasteiger partial charge in [-0.05, 0) is 31.5 Å². The van der Waals surface area contributed by atoms with Gasteiger partial charge in [-0.3, -0.25) is 0 Å². The maximum Gasteiger partial charge on any atom is 0.132 e. The van der Waals surface area contributed by atoms with Gasteiger partial charge in [-0.25, -0.2) is 13.8 Å². The van der Waals surface area contributed by atoms with Gasteiger partial charge in [0.15, 0.2) is 0 Å². The van der Waals surface area contributed by atoms with Crippen molar-refractivity contribution in [3.05, 3.63) is 35.7 Å². The normalized spacial score (nSPS) is 10.9. The second-order valence-electron chi connectivity index (χ2n) is 4.52. The van der Waals surface area contributed by atoms with Gasteiger partial charge >= 0.3 is 0 Å². The molecule has 0 aliphatic rings. The molecular weight excluding hydrogens is 248 g/mol. The van der Waals surface area contributed by atoms with Crippen LogP contribution in [0.1, 0.15) is 25.6 Å². The average Bonchev–Trinajstić information content (AvgIpc) is 2.66. The molecule has 0 aliphatic carbocycles. The fourth-order valence-corrected chi connectivity index (χ4v) is 2.06. The van der Waals surface area contributed by atoms with E-state index in [1.54, 1.807) is 0 Å². The highest BCUT2D eigenvalue weighted by Crippen LogP contribution is 2.29. The van der Waals surface area contributed by atoms with Crippen LogP contribution in [-0.4, -0.2) is 9.55 Å². The minimum absolute atomic E-state index is 0.107. The molecule has 19 heavy (non-hydrogen) atoms. The first-order valence-corrected chi connectivity index (χ1v) is 6.32. The number of imidazole rings is 1. The first kappa shape index (κ1) is 13.5. The minimum atomic E-state index is -0.520. The van der Waals surface area contributed by atoms with E-state index in [9.17, 15) is 8.78 Å². The quantitative estimate of drug-likeness (QED) is 0.919. The van der Waals surface area contributed by atoms with Crippen molar-refractivity contribution in [2.75, 3.05) is 5.73 Å². The topological polar surface area (TPSA) is 43.8 Å². The zero-order chi connectivity index (χ0) is 14.0. The third kappa shape index (κ3) is 2.59. The molecule has 0 aliphatic heterocycles. The maximum atomic E-state index is 13.8. The second kappa shape index (κ2) is 5.38. The Morgan fingerprint density at radius 3 is 2.74 bits per heavy atom. The predicted octanol–water partition coefficient (Wildman–Crippen LogP) is 3.52. The fraction of sp³-hybridized carbons (Fsp3) is 0.357. The third-order valence-electron chi connectivity index (χ3n) is 3.12. The fourth-order valence-electron chi connectivity index (χ4n) is 2.06. The number of anilines is 1. The first-order valence-electron chi connectivity index (χ1n) is 6.32. The summed E-state index contributed by atoms with van der Waals surface area (Å²) < 4.78 is 28.8. The Hall–Kier alpha value is -1.91. The summed E-state index contributed by atoms with van der Waals surface area (Å²) in [5.74, 6) is 0.0739. The molecule has 0 radical (unpaired) electrons. The summed E-state index contributed by atoms with van der Waals surface area (Å²) in [5.41, 5.74) is 6.43. The van der Waals surface area contributed by atoms with Gasteiger partial charge in [-0.1, -0.05) is 13.3 Å². The Balaban J connectivity index is 2.48. The van der Waals surface area contributed by atoms with Gasteiger partial charge in [-0.15, -0.1) is 0 Å². The Morgan fingerprint density at radius 1 is 1.32 bits per heavy atom. The van der Waals surface area contributed by atoms with E-state index in [4.69, 9.17) is 5.73 Å². The SMILES string of the molecule is CCCCn1c(C)nc(-c2cc(F)ccc2F)c1N. The molecular formula is C14H17F2N3. The lowest BCUT2D eigenvalue weighted by molar-refractivity contribution is 0.602. The predicted molar refractivity (Wildman–Crippen MR) is 71.6 cm³/mol. The van der Waals surface area contributed by atoms with Crippen molar-refractivity contribution in [3.63, 3.8) is 0 Å². The number of nitrogen functional groups attached to an aromatic ring is 1. The van der Waals surface area contributed by atoms with Crippen LogP contribution in [0.15, 0.2) is 18.2 Å². The second-order valence-corrected chi connectivity index (χ2v) is 4.52. The van der Waals surface area contributed by atoms with Crippen LogP contribution in [0.3, 0.4) is 0 Å². The van der Waals surface area contributed by atoms with Crippen LogP contribution in [0.2, 0.25) is 0 Å². The number of nitrogens with two attached hydrogens (primary N) is 1. The lowest BCUT2D eigenvalue weighted by atomic mass is 10.1. The molecule has 2 aromatic rings. The van der Waals surface area contributed by atoms with Crippen molar-refractivity contribution < 1.29 is 8.78 Å². The zero-order valence-corrected chi connectivity index (χ0v) is 11.1. The number of hydrogen-bond donors (Lipinski definition) is 1. The summed E-state index contributed by atoms with van der Waals surface area (Å²) in [6, 6.07) is 3.29. The number of nitrogens with zero attached hydrogens (tertiary/aromatic N) is 2. The molecule has 0 saturated carbocycles. The molecule has 0 saturated heterocycles. The van der Waals surface area contributed by atoms with Crippen LogP contribution in [-0.2, 0) is 6.54 Å². The molecule has 0 amide bonds. The number of hydrogen-bond acceptors (Lipinski definition) is 2. The van der Waals surface area contributed by atoms with Crippen LogP contribution in [0, 0.1) is 18.6 Å². The molecule has 5 heteroatoms.